The fourth-order valence-corrected chi connectivity index (χ4v) is 0.899. The van der Waals surface area contributed by atoms with Crippen LogP contribution >= 0.6 is 0 Å². The van der Waals surface area contributed by atoms with Crippen LogP contribution in [0.5, 0.6) is 0 Å². The molecule has 0 radical (unpaired) electrons. The summed E-state index contributed by atoms with van der Waals surface area (Å²) in [6, 6.07) is 7.84. The lowest BCUT2D eigenvalue weighted by Gasteiger charge is -2.11. The number of rotatable bonds is 2. The first-order valence-electron chi connectivity index (χ1n) is 3.61. The van der Waals surface area contributed by atoms with Crippen molar-refractivity contribution in [1.29, 1.82) is 0 Å². The molecule has 0 atom stereocenters. The zero-order chi connectivity index (χ0) is 8.27. The number of hydrogen-bond acceptors (Lipinski definition) is 2. The Bertz CT molecular complexity index is 220. The van der Waals surface area contributed by atoms with Gasteiger partial charge in [-0.05, 0) is 12.1 Å². The molecule has 0 saturated heterocycles. The normalized spacial score (nSPS) is 9.36. The Hall–Kier alpha value is -0.955. The highest BCUT2D eigenvalue weighted by Crippen LogP contribution is 2.06. The van der Waals surface area contributed by atoms with Crippen molar-refractivity contribution in [3.05, 3.63) is 24.3 Å². The molecule has 58 valence electrons. The van der Waals surface area contributed by atoms with E-state index in [2.05, 4.69) is 0 Å². The minimum absolute atomic E-state index is 0.119. The molecule has 0 aliphatic carbocycles. The van der Waals surface area contributed by atoms with Gasteiger partial charge in [0, 0.05) is 19.8 Å². The topological polar surface area (TPSA) is 23.5 Å². The summed E-state index contributed by atoms with van der Waals surface area (Å²) in [5.41, 5.74) is 2.11. The Kier molecular flexibility index (Phi) is 2.55. The Labute approximate surface area is 67.7 Å². The first-order valence-corrected chi connectivity index (χ1v) is 3.61. The Balaban J connectivity index is 2.83. The largest absolute Gasteiger partial charge is 0.449 e. The van der Waals surface area contributed by atoms with Gasteiger partial charge in [-0.3, -0.25) is 0 Å². The van der Waals surface area contributed by atoms with Crippen LogP contribution in [0.2, 0.25) is 0 Å². The second kappa shape index (κ2) is 3.44. The van der Waals surface area contributed by atoms with Crippen LogP contribution in [0, 0.1) is 0 Å². The molecule has 0 aliphatic rings. The lowest BCUT2D eigenvalue weighted by molar-refractivity contribution is 0.615. The van der Waals surface area contributed by atoms with Crippen LogP contribution in [0.4, 0.5) is 5.69 Å². The summed E-state index contributed by atoms with van der Waals surface area (Å²) in [6.45, 7) is 0. The second-order valence-electron chi connectivity index (χ2n) is 2.72. The van der Waals surface area contributed by atoms with Crippen LogP contribution in [0.1, 0.15) is 0 Å². The van der Waals surface area contributed by atoms with Gasteiger partial charge in [-0.15, -0.1) is 0 Å². The molecule has 0 saturated carbocycles. The number of benzene rings is 1. The van der Waals surface area contributed by atoms with E-state index in [9.17, 15) is 0 Å². The first-order chi connectivity index (χ1) is 5.24. The molecule has 11 heavy (non-hydrogen) atoms. The van der Waals surface area contributed by atoms with Crippen molar-refractivity contribution in [3.8, 4) is 0 Å². The van der Waals surface area contributed by atoms with Crippen molar-refractivity contribution in [3.63, 3.8) is 0 Å². The summed E-state index contributed by atoms with van der Waals surface area (Å²) in [7, 11) is 4.11. The van der Waals surface area contributed by atoms with Gasteiger partial charge in [-0.1, -0.05) is 17.6 Å². The molecule has 1 N–H and O–H groups in total. The molecule has 1 aromatic carbocycles. The molecule has 0 unspecified atom stereocenters. The molecule has 2 nitrogen and oxygen atoms in total. The summed E-state index contributed by atoms with van der Waals surface area (Å²) in [5.74, 6) is 0. The highest BCUT2D eigenvalue weighted by molar-refractivity contribution is 6.45. The third-order valence-electron chi connectivity index (χ3n) is 1.64. The van der Waals surface area contributed by atoms with E-state index in [1.165, 1.54) is 0 Å². The smallest absolute Gasteiger partial charge is 0.304 e. The summed E-state index contributed by atoms with van der Waals surface area (Å²) in [4.78, 5) is 2.03. The fourth-order valence-electron chi connectivity index (χ4n) is 0.899. The third kappa shape index (κ3) is 1.98. The molecule has 0 fully saturated rings. The minimum Gasteiger partial charge on any atom is -0.449 e. The van der Waals surface area contributed by atoms with E-state index < -0.39 is 0 Å². The maximum Gasteiger partial charge on any atom is 0.304 e. The number of anilines is 1. The van der Waals surface area contributed by atoms with Crippen LogP contribution < -0.4 is 10.4 Å². The summed E-state index contributed by atoms with van der Waals surface area (Å²) in [6.07, 6.45) is 0. The van der Waals surface area contributed by atoms with E-state index in [0.29, 0.717) is 0 Å². The maximum atomic E-state index is 8.75. The third-order valence-corrected chi connectivity index (χ3v) is 1.64. The van der Waals surface area contributed by atoms with Crippen LogP contribution in [0.3, 0.4) is 0 Å². The van der Waals surface area contributed by atoms with Gasteiger partial charge in [0.25, 0.3) is 0 Å². The minimum atomic E-state index is 0.119. The molecule has 0 aromatic heterocycles. The lowest BCUT2D eigenvalue weighted by atomic mass is 9.89. The standard InChI is InChI=1S/C8H12BNO/c1-10(2)8-5-3-7(9-11)4-6-8/h3-6,9,11H,1-2H3. The van der Waals surface area contributed by atoms with Gasteiger partial charge in [0.05, 0.1) is 0 Å². The fraction of sp³-hybridized carbons (Fsp3) is 0.250. The van der Waals surface area contributed by atoms with Gasteiger partial charge in [0.15, 0.2) is 0 Å². The van der Waals surface area contributed by atoms with Crippen LogP contribution in [0.25, 0.3) is 0 Å². The van der Waals surface area contributed by atoms with Gasteiger partial charge >= 0.3 is 7.48 Å². The molecular formula is C8H12BNO. The molecule has 3 heteroatoms. The number of hydrogen-bond donors (Lipinski definition) is 1. The summed E-state index contributed by atoms with van der Waals surface area (Å²) in [5, 5.41) is 8.75. The van der Waals surface area contributed by atoms with E-state index in [-0.39, 0.29) is 7.48 Å². The zero-order valence-corrected chi connectivity index (χ0v) is 6.91. The highest BCUT2D eigenvalue weighted by atomic mass is 16.2. The van der Waals surface area contributed by atoms with Gasteiger partial charge in [-0.2, -0.15) is 0 Å². The summed E-state index contributed by atoms with van der Waals surface area (Å²) < 4.78 is 0. The average Bonchev–Trinajstić information content (AvgIpc) is 2.05. The zero-order valence-electron chi connectivity index (χ0n) is 6.91. The van der Waals surface area contributed by atoms with Gasteiger partial charge in [0.1, 0.15) is 0 Å². The first kappa shape index (κ1) is 8.14. The molecular weight excluding hydrogens is 137 g/mol. The molecule has 0 spiro atoms. The molecule has 0 aliphatic heterocycles. The quantitative estimate of drug-likeness (QED) is 0.584. The second-order valence-corrected chi connectivity index (χ2v) is 2.72. The molecule has 1 aromatic rings. The van der Waals surface area contributed by atoms with Crippen molar-refractivity contribution < 1.29 is 5.02 Å². The molecule has 0 bridgehead atoms. The van der Waals surface area contributed by atoms with E-state index >= 15 is 0 Å². The van der Waals surface area contributed by atoms with E-state index in [1.807, 2.05) is 43.3 Å². The number of nitrogens with zero attached hydrogens (tertiary/aromatic N) is 1. The Morgan fingerprint density at radius 1 is 1.18 bits per heavy atom. The van der Waals surface area contributed by atoms with E-state index in [4.69, 9.17) is 5.02 Å². The van der Waals surface area contributed by atoms with E-state index in [0.717, 1.165) is 11.2 Å². The predicted octanol–water partition coefficient (Wildman–Crippen LogP) is -0.278. The van der Waals surface area contributed by atoms with Crippen molar-refractivity contribution in [2.75, 3.05) is 19.0 Å². The van der Waals surface area contributed by atoms with Gasteiger partial charge in [-0.25, -0.2) is 0 Å². The van der Waals surface area contributed by atoms with Gasteiger partial charge < -0.3 is 9.92 Å². The average molecular weight is 149 g/mol. The molecule has 0 heterocycles. The van der Waals surface area contributed by atoms with Crippen LogP contribution in [-0.4, -0.2) is 26.6 Å². The lowest BCUT2D eigenvalue weighted by Crippen LogP contribution is -2.14. The highest BCUT2D eigenvalue weighted by Gasteiger charge is 1.94. The summed E-state index contributed by atoms with van der Waals surface area (Å²) >= 11 is 0. The van der Waals surface area contributed by atoms with Crippen molar-refractivity contribution in [1.82, 2.24) is 0 Å². The van der Waals surface area contributed by atoms with E-state index in [1.54, 1.807) is 0 Å². The van der Waals surface area contributed by atoms with Gasteiger partial charge in [0.2, 0.25) is 0 Å². The Morgan fingerprint density at radius 2 is 1.73 bits per heavy atom. The SMILES string of the molecule is CN(C)c1ccc(BO)cc1. The van der Waals surface area contributed by atoms with Crippen molar-refractivity contribution >= 4 is 18.6 Å². The monoisotopic (exact) mass is 149 g/mol. The van der Waals surface area contributed by atoms with Crippen molar-refractivity contribution in [2.24, 2.45) is 0 Å². The van der Waals surface area contributed by atoms with Crippen LogP contribution in [0.15, 0.2) is 24.3 Å². The molecule has 0 amide bonds. The van der Waals surface area contributed by atoms with Crippen LogP contribution in [-0.2, 0) is 0 Å². The maximum absolute atomic E-state index is 8.75. The predicted molar refractivity (Wildman–Crippen MR) is 49.8 cm³/mol. The molecule has 1 rings (SSSR count). The Morgan fingerprint density at radius 3 is 2.09 bits per heavy atom. The van der Waals surface area contributed by atoms with Crippen molar-refractivity contribution in [2.45, 2.75) is 0 Å².